The minimum absolute atomic E-state index is 0.00362. The van der Waals surface area contributed by atoms with Gasteiger partial charge in [-0.2, -0.15) is 0 Å². The number of amides is 1. The van der Waals surface area contributed by atoms with Crippen LogP contribution in [0.2, 0.25) is 0 Å². The number of ketones is 1. The maximum atomic E-state index is 12.6. The fourth-order valence-electron chi connectivity index (χ4n) is 3.19. The number of oxazole rings is 1. The number of carbonyl (C=O) groups is 2. The fraction of sp³-hybridized carbons (Fsp3) is 0.0435. The largest absolute Gasteiger partial charge is 0.443 e. The topological polar surface area (TPSA) is 113 Å². The Bertz CT molecular complexity index is 1390. The van der Waals surface area contributed by atoms with Gasteiger partial charge in [0.1, 0.15) is 0 Å². The number of aromatic nitrogens is 3. The number of anilines is 2. The fourth-order valence-corrected chi connectivity index (χ4v) is 4.04. The smallest absolute Gasteiger partial charge is 0.268 e. The number of hydrogen-bond donors (Lipinski definition) is 3. The zero-order valence-corrected chi connectivity index (χ0v) is 17.5. The average molecular weight is 443 g/mol. The van der Waals surface area contributed by atoms with Gasteiger partial charge in [-0.15, -0.1) is 11.3 Å². The van der Waals surface area contributed by atoms with Crippen molar-refractivity contribution in [1.29, 1.82) is 0 Å². The molecule has 0 atom stereocenters. The number of nitrogens with one attached hydrogen (secondary N) is 3. The van der Waals surface area contributed by atoms with Crippen molar-refractivity contribution < 1.29 is 14.0 Å². The van der Waals surface area contributed by atoms with Gasteiger partial charge in [0.15, 0.2) is 17.9 Å². The number of thiophene rings is 1. The van der Waals surface area contributed by atoms with Crippen LogP contribution in [0.25, 0.3) is 21.7 Å². The Kier molecular flexibility index (Phi) is 5.22. The van der Waals surface area contributed by atoms with E-state index in [9.17, 15) is 9.59 Å². The molecular formula is C23H17N5O3S. The second kappa shape index (κ2) is 8.48. The van der Waals surface area contributed by atoms with Gasteiger partial charge >= 0.3 is 0 Å². The number of H-pyrrole nitrogens is 1. The first-order chi connectivity index (χ1) is 15.7. The van der Waals surface area contributed by atoms with Crippen LogP contribution in [0, 0.1) is 0 Å². The molecule has 2 aromatic carbocycles. The molecule has 0 fully saturated rings. The van der Waals surface area contributed by atoms with Crippen LogP contribution >= 0.6 is 11.3 Å². The van der Waals surface area contributed by atoms with Crippen molar-refractivity contribution in [3.63, 3.8) is 0 Å². The molecule has 0 aliphatic carbocycles. The Labute approximate surface area is 186 Å². The van der Waals surface area contributed by atoms with Gasteiger partial charge in [-0.25, -0.2) is 9.97 Å². The lowest BCUT2D eigenvalue weighted by Gasteiger charge is -2.05. The third kappa shape index (κ3) is 4.14. The molecule has 1 amide bonds. The van der Waals surface area contributed by atoms with E-state index in [0.717, 1.165) is 16.1 Å². The first-order valence-electron chi connectivity index (χ1n) is 9.78. The van der Waals surface area contributed by atoms with E-state index in [-0.39, 0.29) is 18.2 Å². The lowest BCUT2D eigenvalue weighted by molar-refractivity contribution is 0.100. The number of imidazole rings is 1. The summed E-state index contributed by atoms with van der Waals surface area (Å²) in [5, 5.41) is 5.91. The quantitative estimate of drug-likeness (QED) is 0.311. The maximum absolute atomic E-state index is 12.6. The molecule has 0 radical (unpaired) electrons. The highest BCUT2D eigenvalue weighted by molar-refractivity contribution is 7.17. The minimum Gasteiger partial charge on any atom is -0.443 e. The standard InChI is InChI=1S/C23H17N5O3S/c29-18(14-4-2-1-3-5-14)11-25-15-6-7-16-17(10-15)27-23(26-16)28-22(30)21-9-8-20(32-21)19-12-24-13-31-19/h1-10,12-13,25H,11H2,(H2,26,27,28,30). The van der Waals surface area contributed by atoms with E-state index in [0.29, 0.717) is 27.7 Å². The van der Waals surface area contributed by atoms with Gasteiger partial charge in [0, 0.05) is 11.3 Å². The zero-order chi connectivity index (χ0) is 21.9. The summed E-state index contributed by atoms with van der Waals surface area (Å²) in [5.74, 6) is 0.691. The van der Waals surface area contributed by atoms with Crippen LogP contribution in [0.4, 0.5) is 11.6 Å². The molecule has 158 valence electrons. The van der Waals surface area contributed by atoms with Crippen molar-refractivity contribution in [3.8, 4) is 10.6 Å². The second-order valence-corrected chi connectivity index (χ2v) is 8.03. The number of rotatable bonds is 7. The zero-order valence-electron chi connectivity index (χ0n) is 16.7. The van der Waals surface area contributed by atoms with E-state index in [4.69, 9.17) is 4.42 Å². The van der Waals surface area contributed by atoms with E-state index < -0.39 is 0 Å². The van der Waals surface area contributed by atoms with Crippen LogP contribution in [0.5, 0.6) is 0 Å². The van der Waals surface area contributed by atoms with Crippen molar-refractivity contribution in [2.45, 2.75) is 0 Å². The Morgan fingerprint density at radius 1 is 1.06 bits per heavy atom. The SMILES string of the molecule is O=C(CNc1ccc2nc(NC(=O)c3ccc(-c4cnco4)s3)[nH]c2c1)c1ccccc1. The summed E-state index contributed by atoms with van der Waals surface area (Å²) in [6.07, 6.45) is 2.95. The Morgan fingerprint density at radius 3 is 2.75 bits per heavy atom. The Hall–Kier alpha value is -4.24. The molecule has 0 aliphatic rings. The predicted molar refractivity (Wildman–Crippen MR) is 123 cm³/mol. The molecular weight excluding hydrogens is 426 g/mol. The van der Waals surface area contributed by atoms with Crippen LogP contribution in [0.1, 0.15) is 20.0 Å². The number of hydrogen-bond acceptors (Lipinski definition) is 7. The highest BCUT2D eigenvalue weighted by Crippen LogP contribution is 2.28. The summed E-state index contributed by atoms with van der Waals surface area (Å²) in [6.45, 7) is 0.180. The molecule has 0 saturated heterocycles. The van der Waals surface area contributed by atoms with Gasteiger partial charge in [-0.1, -0.05) is 30.3 Å². The molecule has 8 nitrogen and oxygen atoms in total. The molecule has 3 heterocycles. The molecule has 5 rings (SSSR count). The molecule has 0 unspecified atom stereocenters. The van der Waals surface area contributed by atoms with Crippen LogP contribution in [-0.4, -0.2) is 33.2 Å². The van der Waals surface area contributed by atoms with Gasteiger partial charge in [-0.3, -0.25) is 14.9 Å². The highest BCUT2D eigenvalue weighted by atomic mass is 32.1. The molecule has 9 heteroatoms. The molecule has 0 spiro atoms. The molecule has 3 aromatic heterocycles. The predicted octanol–water partition coefficient (Wildman–Crippen LogP) is 4.83. The maximum Gasteiger partial charge on any atom is 0.268 e. The van der Waals surface area contributed by atoms with E-state index >= 15 is 0 Å². The highest BCUT2D eigenvalue weighted by Gasteiger charge is 2.14. The molecule has 5 aromatic rings. The second-order valence-electron chi connectivity index (χ2n) is 6.94. The van der Waals surface area contributed by atoms with Crippen molar-refractivity contribution in [2.75, 3.05) is 17.2 Å². The molecule has 0 saturated carbocycles. The molecule has 0 aliphatic heterocycles. The van der Waals surface area contributed by atoms with Gasteiger partial charge in [-0.05, 0) is 30.3 Å². The molecule has 0 bridgehead atoms. The number of nitrogens with zero attached hydrogens (tertiary/aromatic N) is 2. The van der Waals surface area contributed by atoms with Crippen molar-refractivity contribution in [2.24, 2.45) is 0 Å². The number of benzene rings is 2. The average Bonchev–Trinajstić information content (AvgIpc) is 3.57. The first kappa shape index (κ1) is 19.7. The minimum atomic E-state index is -0.272. The lowest BCUT2D eigenvalue weighted by Crippen LogP contribution is -2.13. The van der Waals surface area contributed by atoms with Crippen LogP contribution in [-0.2, 0) is 0 Å². The lowest BCUT2D eigenvalue weighted by atomic mass is 10.1. The van der Waals surface area contributed by atoms with Gasteiger partial charge in [0.25, 0.3) is 5.91 Å². The number of carbonyl (C=O) groups excluding carboxylic acids is 2. The first-order valence-corrected chi connectivity index (χ1v) is 10.6. The third-order valence-corrected chi connectivity index (χ3v) is 5.87. The summed E-state index contributed by atoms with van der Waals surface area (Å²) < 4.78 is 5.26. The van der Waals surface area contributed by atoms with Gasteiger partial charge in [0.2, 0.25) is 5.95 Å². The summed E-state index contributed by atoms with van der Waals surface area (Å²) in [6, 6.07) is 18.2. The van der Waals surface area contributed by atoms with E-state index in [1.807, 2.05) is 42.5 Å². The monoisotopic (exact) mass is 443 g/mol. The molecule has 3 N–H and O–H groups in total. The van der Waals surface area contributed by atoms with E-state index in [1.165, 1.54) is 17.7 Å². The van der Waals surface area contributed by atoms with E-state index in [2.05, 4.69) is 25.6 Å². The number of Topliss-reactive ketones (excluding diaryl/α,β-unsaturated/α-hetero) is 1. The Balaban J connectivity index is 1.26. The van der Waals surface area contributed by atoms with Crippen molar-refractivity contribution in [1.82, 2.24) is 15.0 Å². The summed E-state index contributed by atoms with van der Waals surface area (Å²) in [7, 11) is 0. The van der Waals surface area contributed by atoms with Gasteiger partial charge in [0.05, 0.1) is 33.5 Å². The summed E-state index contributed by atoms with van der Waals surface area (Å²) in [5.41, 5.74) is 2.88. The summed E-state index contributed by atoms with van der Waals surface area (Å²) in [4.78, 5) is 37.6. The van der Waals surface area contributed by atoms with Crippen LogP contribution in [0.15, 0.2) is 77.7 Å². The van der Waals surface area contributed by atoms with Crippen LogP contribution < -0.4 is 10.6 Å². The van der Waals surface area contributed by atoms with Crippen molar-refractivity contribution in [3.05, 3.63) is 83.7 Å². The van der Waals surface area contributed by atoms with Gasteiger partial charge < -0.3 is 14.7 Å². The Morgan fingerprint density at radius 2 is 1.94 bits per heavy atom. The van der Waals surface area contributed by atoms with Crippen molar-refractivity contribution >= 4 is 45.7 Å². The normalized spacial score (nSPS) is 10.9. The molecule has 32 heavy (non-hydrogen) atoms. The number of aromatic amines is 1. The summed E-state index contributed by atoms with van der Waals surface area (Å²) >= 11 is 1.31. The van der Waals surface area contributed by atoms with E-state index in [1.54, 1.807) is 24.4 Å². The van der Waals surface area contributed by atoms with Crippen LogP contribution in [0.3, 0.4) is 0 Å². The third-order valence-electron chi connectivity index (χ3n) is 4.77. The number of fused-ring (bicyclic) bond motifs is 1.